The first-order valence-corrected chi connectivity index (χ1v) is 8.30. The first-order valence-electron chi connectivity index (χ1n) is 7.42. The average Bonchev–Trinajstić information content (AvgIpc) is 2.84. The molecule has 6 heteroatoms. The van der Waals surface area contributed by atoms with Gasteiger partial charge < -0.3 is 10.3 Å². The minimum Gasteiger partial charge on any atom is -0.341 e. The van der Waals surface area contributed by atoms with Crippen LogP contribution in [0.1, 0.15) is 39.0 Å². The highest BCUT2D eigenvalue weighted by atomic mass is 32.2. The molecule has 1 aliphatic carbocycles. The maximum absolute atomic E-state index is 4.45. The molecule has 2 aromatic heterocycles. The van der Waals surface area contributed by atoms with Gasteiger partial charge in [-0.3, -0.25) is 0 Å². The standard InChI is InChI=1S/C14H21N5S/c1-2-15-10-6-4-3-5-7-11(10)20-14-12-13(17-8-16-12)18-9-19-14/h8-11,15H,2-7H2,1H3,(H,16,17,18,19). The van der Waals surface area contributed by atoms with E-state index in [1.165, 1.54) is 32.1 Å². The first kappa shape index (κ1) is 13.8. The van der Waals surface area contributed by atoms with Crippen molar-refractivity contribution < 1.29 is 0 Å². The third-order valence-corrected chi connectivity index (χ3v) is 5.27. The molecule has 0 aliphatic heterocycles. The van der Waals surface area contributed by atoms with E-state index in [9.17, 15) is 0 Å². The Balaban J connectivity index is 1.81. The third-order valence-electron chi connectivity index (χ3n) is 3.87. The van der Waals surface area contributed by atoms with Crippen molar-refractivity contribution in [1.29, 1.82) is 0 Å². The average molecular weight is 291 g/mol. The van der Waals surface area contributed by atoms with Crippen molar-refractivity contribution in [2.75, 3.05) is 6.54 Å². The summed E-state index contributed by atoms with van der Waals surface area (Å²) in [5.41, 5.74) is 1.73. The van der Waals surface area contributed by atoms with E-state index < -0.39 is 0 Å². The number of fused-ring (bicyclic) bond motifs is 1. The molecule has 0 radical (unpaired) electrons. The molecule has 5 nitrogen and oxygen atoms in total. The summed E-state index contributed by atoms with van der Waals surface area (Å²) in [6, 6.07) is 0.584. The number of rotatable bonds is 4. The van der Waals surface area contributed by atoms with Gasteiger partial charge in [0, 0.05) is 11.3 Å². The number of thioether (sulfide) groups is 1. The Kier molecular flexibility index (Phi) is 4.52. The maximum Gasteiger partial charge on any atom is 0.181 e. The minimum atomic E-state index is 0.582. The molecule has 2 atom stereocenters. The van der Waals surface area contributed by atoms with Gasteiger partial charge in [-0.05, 0) is 19.4 Å². The molecule has 2 aromatic rings. The molecule has 108 valence electrons. The molecule has 0 spiro atoms. The van der Waals surface area contributed by atoms with Gasteiger partial charge in [0.25, 0.3) is 0 Å². The van der Waals surface area contributed by atoms with E-state index in [4.69, 9.17) is 0 Å². The highest BCUT2D eigenvalue weighted by Gasteiger charge is 2.25. The molecule has 0 amide bonds. The van der Waals surface area contributed by atoms with Gasteiger partial charge in [-0.25, -0.2) is 15.0 Å². The lowest BCUT2D eigenvalue weighted by atomic mass is 10.1. The number of aromatic amines is 1. The highest BCUT2D eigenvalue weighted by molar-refractivity contribution is 8.00. The largest absolute Gasteiger partial charge is 0.341 e. The molecule has 1 fully saturated rings. The Morgan fingerprint density at radius 2 is 2.15 bits per heavy atom. The Bertz CT molecular complexity index is 555. The lowest BCUT2D eigenvalue weighted by molar-refractivity contribution is 0.482. The Labute approximate surface area is 123 Å². The lowest BCUT2D eigenvalue weighted by Crippen LogP contribution is -2.37. The van der Waals surface area contributed by atoms with Gasteiger partial charge in [0.15, 0.2) is 5.65 Å². The highest BCUT2D eigenvalue weighted by Crippen LogP contribution is 2.34. The number of nitrogens with zero attached hydrogens (tertiary/aromatic N) is 3. The lowest BCUT2D eigenvalue weighted by Gasteiger charge is -2.25. The molecule has 1 aliphatic rings. The molecule has 2 N–H and O–H groups in total. The first-order chi connectivity index (χ1) is 9.88. The zero-order valence-corrected chi connectivity index (χ0v) is 12.6. The third kappa shape index (κ3) is 2.96. The SMILES string of the molecule is CCNC1CCCCCC1Sc1ncnc2nc[nH]c12. The van der Waals surface area contributed by atoms with Crippen molar-refractivity contribution in [1.82, 2.24) is 25.3 Å². The van der Waals surface area contributed by atoms with Crippen molar-refractivity contribution in [2.24, 2.45) is 0 Å². The van der Waals surface area contributed by atoms with Crippen LogP contribution in [0.4, 0.5) is 0 Å². The van der Waals surface area contributed by atoms with Gasteiger partial charge in [-0.2, -0.15) is 0 Å². The van der Waals surface area contributed by atoms with Crippen LogP contribution in [0.2, 0.25) is 0 Å². The number of imidazole rings is 1. The van der Waals surface area contributed by atoms with Gasteiger partial charge in [-0.15, -0.1) is 0 Å². The second-order valence-electron chi connectivity index (χ2n) is 5.24. The van der Waals surface area contributed by atoms with Crippen molar-refractivity contribution in [3.8, 4) is 0 Å². The van der Waals surface area contributed by atoms with E-state index in [1.807, 2.05) is 11.8 Å². The zero-order valence-electron chi connectivity index (χ0n) is 11.8. The molecule has 0 bridgehead atoms. The summed E-state index contributed by atoms with van der Waals surface area (Å²) in [6.07, 6.45) is 9.82. The number of nitrogens with one attached hydrogen (secondary N) is 2. The van der Waals surface area contributed by atoms with Crippen LogP contribution in [0.5, 0.6) is 0 Å². The summed E-state index contributed by atoms with van der Waals surface area (Å²) >= 11 is 1.88. The van der Waals surface area contributed by atoms with E-state index in [0.717, 1.165) is 22.7 Å². The summed E-state index contributed by atoms with van der Waals surface area (Å²) < 4.78 is 0. The van der Waals surface area contributed by atoms with Crippen LogP contribution in [0.25, 0.3) is 11.2 Å². The monoisotopic (exact) mass is 291 g/mol. The minimum absolute atomic E-state index is 0.582. The molecule has 2 heterocycles. The molecule has 1 saturated carbocycles. The molecule has 20 heavy (non-hydrogen) atoms. The van der Waals surface area contributed by atoms with Crippen LogP contribution in [-0.4, -0.2) is 37.8 Å². The smallest absolute Gasteiger partial charge is 0.181 e. The van der Waals surface area contributed by atoms with E-state index in [1.54, 1.807) is 12.7 Å². The summed E-state index contributed by atoms with van der Waals surface area (Å²) in [6.45, 7) is 3.22. The van der Waals surface area contributed by atoms with E-state index in [0.29, 0.717) is 11.3 Å². The van der Waals surface area contributed by atoms with Gasteiger partial charge in [-0.1, -0.05) is 37.9 Å². The van der Waals surface area contributed by atoms with E-state index in [-0.39, 0.29) is 0 Å². The number of H-pyrrole nitrogens is 1. The molecule has 3 rings (SSSR count). The van der Waals surface area contributed by atoms with Gasteiger partial charge in [0.1, 0.15) is 16.9 Å². The number of hydrogen-bond acceptors (Lipinski definition) is 5. The normalized spacial score (nSPS) is 23.9. The Morgan fingerprint density at radius 3 is 3.05 bits per heavy atom. The van der Waals surface area contributed by atoms with Crippen molar-refractivity contribution in [3.63, 3.8) is 0 Å². The fraction of sp³-hybridized carbons (Fsp3) is 0.643. The van der Waals surface area contributed by atoms with Crippen molar-refractivity contribution in [3.05, 3.63) is 12.7 Å². The van der Waals surface area contributed by atoms with Crippen molar-refractivity contribution >= 4 is 22.9 Å². The summed E-state index contributed by atoms with van der Waals surface area (Å²) in [7, 11) is 0. The van der Waals surface area contributed by atoms with Crippen LogP contribution in [0.15, 0.2) is 17.7 Å². The molecule has 2 unspecified atom stereocenters. The Morgan fingerprint density at radius 1 is 1.25 bits per heavy atom. The number of hydrogen-bond donors (Lipinski definition) is 2. The van der Waals surface area contributed by atoms with Crippen LogP contribution in [0, 0.1) is 0 Å². The van der Waals surface area contributed by atoms with Gasteiger partial charge >= 0.3 is 0 Å². The fourth-order valence-corrected chi connectivity index (χ4v) is 4.23. The van der Waals surface area contributed by atoms with Crippen LogP contribution in [0.3, 0.4) is 0 Å². The molecule has 0 saturated heterocycles. The van der Waals surface area contributed by atoms with Crippen LogP contribution in [-0.2, 0) is 0 Å². The fourth-order valence-electron chi connectivity index (χ4n) is 2.89. The predicted octanol–water partition coefficient (Wildman–Crippen LogP) is 2.76. The van der Waals surface area contributed by atoms with Crippen LogP contribution < -0.4 is 5.32 Å². The van der Waals surface area contributed by atoms with Crippen LogP contribution >= 0.6 is 11.8 Å². The predicted molar refractivity (Wildman–Crippen MR) is 81.9 cm³/mol. The van der Waals surface area contributed by atoms with E-state index in [2.05, 4.69) is 32.2 Å². The zero-order chi connectivity index (χ0) is 13.8. The van der Waals surface area contributed by atoms with Gasteiger partial charge in [0.05, 0.1) is 6.33 Å². The van der Waals surface area contributed by atoms with Crippen molar-refractivity contribution in [2.45, 2.75) is 55.3 Å². The molecular formula is C14H21N5S. The molecular weight excluding hydrogens is 270 g/mol. The Hall–Kier alpha value is -1.14. The summed E-state index contributed by atoms with van der Waals surface area (Å²) in [5, 5.41) is 5.26. The summed E-state index contributed by atoms with van der Waals surface area (Å²) in [4.78, 5) is 16.0. The maximum atomic E-state index is 4.45. The second-order valence-corrected chi connectivity index (χ2v) is 6.47. The van der Waals surface area contributed by atoms with Gasteiger partial charge in [0.2, 0.25) is 0 Å². The topological polar surface area (TPSA) is 66.5 Å². The quantitative estimate of drug-likeness (QED) is 0.670. The second kappa shape index (κ2) is 6.54. The van der Waals surface area contributed by atoms with E-state index >= 15 is 0 Å². The number of aromatic nitrogens is 4. The molecule has 0 aromatic carbocycles. The summed E-state index contributed by atoms with van der Waals surface area (Å²) in [5.74, 6) is 0.